The van der Waals surface area contributed by atoms with Crippen molar-refractivity contribution < 1.29 is 24.5 Å². The van der Waals surface area contributed by atoms with Gasteiger partial charge in [0.1, 0.15) is 6.10 Å². The molecule has 0 rings (SSSR count). The number of ether oxygens (including phenoxy) is 1. The lowest BCUT2D eigenvalue weighted by atomic mass is 10.0. The van der Waals surface area contributed by atoms with E-state index in [9.17, 15) is 19.8 Å². The summed E-state index contributed by atoms with van der Waals surface area (Å²) >= 11 is 0. The van der Waals surface area contributed by atoms with Gasteiger partial charge in [0.05, 0.1) is 25.2 Å². The molecule has 0 aliphatic heterocycles. The Labute approximate surface area is 341 Å². The SMILES string of the molecule is CCCCCCCCC/C=C/C=C/CCCCCCCC(=O)OC(CCCCCCCCC)CC(=O)NC(CO)C(O)CCCCCCCCCCCCC. The van der Waals surface area contributed by atoms with Crippen LogP contribution in [0.5, 0.6) is 0 Å². The van der Waals surface area contributed by atoms with Crippen molar-refractivity contribution >= 4 is 11.9 Å². The van der Waals surface area contributed by atoms with E-state index in [1.165, 1.54) is 148 Å². The van der Waals surface area contributed by atoms with Crippen LogP contribution in [-0.4, -0.2) is 46.9 Å². The van der Waals surface area contributed by atoms with Gasteiger partial charge in [0.15, 0.2) is 0 Å². The Morgan fingerprint density at radius 3 is 1.35 bits per heavy atom. The summed E-state index contributed by atoms with van der Waals surface area (Å²) in [6, 6.07) is -0.697. The van der Waals surface area contributed by atoms with Gasteiger partial charge < -0.3 is 20.3 Å². The number of hydrogen-bond acceptors (Lipinski definition) is 5. The van der Waals surface area contributed by atoms with Crippen LogP contribution < -0.4 is 5.32 Å². The largest absolute Gasteiger partial charge is 0.462 e. The predicted molar refractivity (Wildman–Crippen MR) is 236 cm³/mol. The maximum atomic E-state index is 13.1. The fourth-order valence-corrected chi connectivity index (χ4v) is 7.36. The molecule has 0 aliphatic rings. The molecule has 0 fully saturated rings. The van der Waals surface area contributed by atoms with Crippen LogP contribution in [0.25, 0.3) is 0 Å². The first-order chi connectivity index (χ1) is 27.0. The van der Waals surface area contributed by atoms with E-state index >= 15 is 0 Å². The highest BCUT2D eigenvalue weighted by Crippen LogP contribution is 2.17. The van der Waals surface area contributed by atoms with E-state index in [2.05, 4.69) is 50.4 Å². The number of aliphatic hydroxyl groups is 2. The number of amides is 1. The molecule has 0 radical (unpaired) electrons. The van der Waals surface area contributed by atoms with Gasteiger partial charge in [0.25, 0.3) is 0 Å². The molecule has 3 unspecified atom stereocenters. The molecule has 6 heteroatoms. The van der Waals surface area contributed by atoms with Gasteiger partial charge in [-0.05, 0) is 51.4 Å². The van der Waals surface area contributed by atoms with Crippen molar-refractivity contribution in [1.82, 2.24) is 5.32 Å². The predicted octanol–water partition coefficient (Wildman–Crippen LogP) is 14.0. The van der Waals surface area contributed by atoms with E-state index in [-0.39, 0.29) is 24.9 Å². The van der Waals surface area contributed by atoms with E-state index in [0.29, 0.717) is 19.3 Å². The van der Waals surface area contributed by atoms with Crippen LogP contribution in [0.3, 0.4) is 0 Å². The molecule has 0 aromatic rings. The number of allylic oxidation sites excluding steroid dienone is 4. The minimum absolute atomic E-state index is 0.0745. The third-order valence-corrected chi connectivity index (χ3v) is 11.1. The zero-order chi connectivity index (χ0) is 40.3. The van der Waals surface area contributed by atoms with Gasteiger partial charge in [0, 0.05) is 6.42 Å². The highest BCUT2D eigenvalue weighted by atomic mass is 16.5. The van der Waals surface area contributed by atoms with E-state index in [1.54, 1.807) is 0 Å². The van der Waals surface area contributed by atoms with Crippen LogP contribution in [0.4, 0.5) is 0 Å². The van der Waals surface area contributed by atoms with Crippen LogP contribution in [0.1, 0.15) is 252 Å². The minimum Gasteiger partial charge on any atom is -0.462 e. The van der Waals surface area contributed by atoms with E-state index in [4.69, 9.17) is 4.74 Å². The third kappa shape index (κ3) is 39.0. The Bertz CT molecular complexity index is 873. The van der Waals surface area contributed by atoms with E-state index in [1.807, 2.05) is 0 Å². The highest BCUT2D eigenvalue weighted by molar-refractivity contribution is 5.77. The van der Waals surface area contributed by atoms with Gasteiger partial charge >= 0.3 is 5.97 Å². The van der Waals surface area contributed by atoms with Crippen LogP contribution in [0, 0.1) is 0 Å². The molecule has 55 heavy (non-hydrogen) atoms. The molecule has 0 bridgehead atoms. The zero-order valence-electron chi connectivity index (χ0n) is 36.8. The van der Waals surface area contributed by atoms with Crippen molar-refractivity contribution in [3.8, 4) is 0 Å². The van der Waals surface area contributed by atoms with Gasteiger partial charge in [0.2, 0.25) is 5.91 Å². The second-order valence-electron chi connectivity index (χ2n) is 16.5. The molecular formula is C49H93NO5. The molecule has 1 amide bonds. The zero-order valence-corrected chi connectivity index (χ0v) is 36.8. The Hall–Kier alpha value is -1.66. The Kier molecular flexibility index (Phi) is 42.2. The normalized spacial score (nSPS) is 13.5. The Morgan fingerprint density at radius 2 is 0.909 bits per heavy atom. The molecule has 324 valence electrons. The molecule has 0 saturated carbocycles. The maximum absolute atomic E-state index is 13.1. The lowest BCUT2D eigenvalue weighted by Crippen LogP contribution is -2.46. The van der Waals surface area contributed by atoms with Gasteiger partial charge in [-0.15, -0.1) is 0 Å². The van der Waals surface area contributed by atoms with Crippen molar-refractivity contribution in [3.63, 3.8) is 0 Å². The fourth-order valence-electron chi connectivity index (χ4n) is 7.36. The number of unbranched alkanes of at least 4 members (excludes halogenated alkanes) is 28. The second kappa shape index (κ2) is 43.5. The third-order valence-electron chi connectivity index (χ3n) is 11.1. The topological polar surface area (TPSA) is 95.9 Å². The van der Waals surface area contributed by atoms with Crippen LogP contribution in [0.2, 0.25) is 0 Å². The molecule has 0 spiro atoms. The monoisotopic (exact) mass is 776 g/mol. The molecule has 0 aromatic heterocycles. The number of carbonyl (C=O) groups excluding carboxylic acids is 2. The second-order valence-corrected chi connectivity index (χ2v) is 16.5. The summed E-state index contributed by atoms with van der Waals surface area (Å²) in [4.78, 5) is 25.9. The van der Waals surface area contributed by atoms with Gasteiger partial charge in [-0.1, -0.05) is 212 Å². The Morgan fingerprint density at radius 1 is 0.527 bits per heavy atom. The van der Waals surface area contributed by atoms with Crippen LogP contribution >= 0.6 is 0 Å². The summed E-state index contributed by atoms with van der Waals surface area (Å²) < 4.78 is 5.88. The summed E-state index contributed by atoms with van der Waals surface area (Å²) in [6.45, 7) is 6.44. The quantitative estimate of drug-likeness (QED) is 0.0326. The van der Waals surface area contributed by atoms with Crippen molar-refractivity contribution in [3.05, 3.63) is 24.3 Å². The summed E-state index contributed by atoms with van der Waals surface area (Å²) in [6.07, 6.45) is 48.2. The molecule has 0 aromatic carbocycles. The average molecular weight is 776 g/mol. The minimum atomic E-state index is -0.783. The smallest absolute Gasteiger partial charge is 0.306 e. The van der Waals surface area contributed by atoms with Crippen molar-refractivity contribution in [2.75, 3.05) is 6.61 Å². The molecular weight excluding hydrogens is 683 g/mol. The molecule has 0 aliphatic carbocycles. The molecule has 6 nitrogen and oxygen atoms in total. The van der Waals surface area contributed by atoms with Crippen molar-refractivity contribution in [2.45, 2.75) is 270 Å². The number of hydrogen-bond donors (Lipinski definition) is 3. The first-order valence-electron chi connectivity index (χ1n) is 24.1. The van der Waals surface area contributed by atoms with Crippen LogP contribution in [0.15, 0.2) is 24.3 Å². The van der Waals surface area contributed by atoms with Gasteiger partial charge in [-0.3, -0.25) is 9.59 Å². The lowest BCUT2D eigenvalue weighted by Gasteiger charge is -2.24. The van der Waals surface area contributed by atoms with Crippen LogP contribution in [-0.2, 0) is 14.3 Å². The van der Waals surface area contributed by atoms with Gasteiger partial charge in [-0.25, -0.2) is 0 Å². The number of aliphatic hydroxyl groups excluding tert-OH is 2. The standard InChI is InChI=1S/C49H93NO5/c1-4-7-10-13-16-18-20-21-22-23-24-25-26-28-30-33-36-39-42-49(54)55-45(40-37-34-31-15-12-9-6-3)43-48(53)50-46(44-51)47(52)41-38-35-32-29-27-19-17-14-11-8-5-2/h22-25,45-47,51-52H,4-21,26-44H2,1-3H3,(H,50,53)/b23-22+,25-24+. The van der Waals surface area contributed by atoms with E-state index in [0.717, 1.165) is 57.8 Å². The summed E-state index contributed by atoms with van der Waals surface area (Å²) in [5, 5.41) is 23.6. The summed E-state index contributed by atoms with van der Waals surface area (Å²) in [5.74, 6) is -0.488. The summed E-state index contributed by atoms with van der Waals surface area (Å²) in [5.41, 5.74) is 0. The first-order valence-corrected chi connectivity index (χ1v) is 24.1. The summed E-state index contributed by atoms with van der Waals surface area (Å²) in [7, 11) is 0. The number of carbonyl (C=O) groups is 2. The molecule has 3 N–H and O–H groups in total. The number of rotatable bonds is 43. The fraction of sp³-hybridized carbons (Fsp3) is 0.878. The highest BCUT2D eigenvalue weighted by Gasteiger charge is 2.24. The molecule has 0 heterocycles. The Balaban J connectivity index is 4.40. The molecule has 3 atom stereocenters. The molecule has 0 saturated heterocycles. The van der Waals surface area contributed by atoms with E-state index < -0.39 is 18.2 Å². The number of nitrogens with one attached hydrogen (secondary N) is 1. The first kappa shape index (κ1) is 53.3. The van der Waals surface area contributed by atoms with Crippen molar-refractivity contribution in [1.29, 1.82) is 0 Å². The number of esters is 1. The van der Waals surface area contributed by atoms with Crippen molar-refractivity contribution in [2.24, 2.45) is 0 Å². The van der Waals surface area contributed by atoms with Gasteiger partial charge in [-0.2, -0.15) is 0 Å². The maximum Gasteiger partial charge on any atom is 0.306 e. The average Bonchev–Trinajstić information content (AvgIpc) is 3.18. The lowest BCUT2D eigenvalue weighted by molar-refractivity contribution is -0.151.